The van der Waals surface area contributed by atoms with Crippen molar-refractivity contribution in [3.05, 3.63) is 53.1 Å². The Kier molecular flexibility index (Phi) is 6.78. The lowest BCUT2D eigenvalue weighted by atomic mass is 10.1. The number of hydrogen-bond acceptors (Lipinski definition) is 6. The number of morpholine rings is 2. The summed E-state index contributed by atoms with van der Waals surface area (Å²) in [4.78, 5) is 15.3. The highest BCUT2D eigenvalue weighted by atomic mass is 35.5. The van der Waals surface area contributed by atoms with Gasteiger partial charge in [0.15, 0.2) is 0 Å². The first-order valence-electron chi connectivity index (χ1n) is 10.1. The Morgan fingerprint density at radius 2 is 1.52 bits per heavy atom. The summed E-state index contributed by atoms with van der Waals surface area (Å²) in [5.41, 5.74) is 1.55. The first-order chi connectivity index (χ1) is 14.9. The average Bonchev–Trinajstić information content (AvgIpc) is 2.81. The number of carbonyl (C=O) groups is 1. The summed E-state index contributed by atoms with van der Waals surface area (Å²) in [7, 11) is -3.73. The summed E-state index contributed by atoms with van der Waals surface area (Å²) < 4.78 is 38.3. The van der Waals surface area contributed by atoms with E-state index in [1.54, 1.807) is 36.4 Å². The van der Waals surface area contributed by atoms with Gasteiger partial charge in [0.25, 0.3) is 5.91 Å². The number of nitrogens with one attached hydrogen (secondary N) is 1. The van der Waals surface area contributed by atoms with Crippen molar-refractivity contribution < 1.29 is 22.7 Å². The average molecular weight is 466 g/mol. The van der Waals surface area contributed by atoms with Crippen LogP contribution in [0.25, 0.3) is 0 Å². The van der Waals surface area contributed by atoms with Crippen LogP contribution in [0.5, 0.6) is 0 Å². The molecule has 10 heteroatoms. The lowest BCUT2D eigenvalue weighted by Crippen LogP contribution is -2.41. The number of benzene rings is 2. The summed E-state index contributed by atoms with van der Waals surface area (Å²) in [6, 6.07) is 11.5. The molecule has 1 amide bonds. The van der Waals surface area contributed by atoms with E-state index in [1.807, 2.05) is 4.90 Å². The summed E-state index contributed by atoms with van der Waals surface area (Å²) in [6.45, 7) is 3.63. The number of ether oxygens (including phenoxy) is 2. The molecule has 0 aliphatic carbocycles. The van der Waals surface area contributed by atoms with Crippen LogP contribution in [0.4, 0.5) is 11.4 Å². The summed E-state index contributed by atoms with van der Waals surface area (Å²) in [5, 5.41) is 3.40. The predicted octanol–water partition coefficient (Wildman–Crippen LogP) is 2.45. The second-order valence-electron chi connectivity index (χ2n) is 7.26. The maximum absolute atomic E-state index is 13.2. The summed E-state index contributed by atoms with van der Waals surface area (Å²) in [6.07, 6.45) is 0. The molecule has 0 bridgehead atoms. The van der Waals surface area contributed by atoms with Crippen molar-refractivity contribution in [3.63, 3.8) is 0 Å². The van der Waals surface area contributed by atoms with E-state index in [0.29, 0.717) is 74.6 Å². The van der Waals surface area contributed by atoms with Gasteiger partial charge in [0.05, 0.1) is 36.9 Å². The maximum Gasteiger partial charge on any atom is 0.257 e. The molecule has 31 heavy (non-hydrogen) atoms. The molecule has 4 rings (SSSR count). The van der Waals surface area contributed by atoms with Crippen molar-refractivity contribution in [1.82, 2.24) is 4.31 Å². The van der Waals surface area contributed by atoms with Crippen molar-refractivity contribution >= 4 is 38.9 Å². The van der Waals surface area contributed by atoms with Crippen LogP contribution in [0.1, 0.15) is 10.4 Å². The molecule has 2 aliphatic rings. The zero-order valence-corrected chi connectivity index (χ0v) is 18.5. The highest BCUT2D eigenvalue weighted by Gasteiger charge is 2.29. The molecule has 0 radical (unpaired) electrons. The second-order valence-corrected chi connectivity index (χ2v) is 9.63. The van der Waals surface area contributed by atoms with Crippen molar-refractivity contribution in [2.24, 2.45) is 0 Å². The highest BCUT2D eigenvalue weighted by molar-refractivity contribution is 7.89. The molecule has 2 heterocycles. The molecule has 2 fully saturated rings. The number of halogens is 1. The lowest BCUT2D eigenvalue weighted by molar-refractivity contribution is 0.0730. The number of hydrogen-bond donors (Lipinski definition) is 1. The zero-order valence-electron chi connectivity index (χ0n) is 16.9. The largest absolute Gasteiger partial charge is 0.379 e. The van der Waals surface area contributed by atoms with Gasteiger partial charge in [-0.3, -0.25) is 4.79 Å². The predicted molar refractivity (Wildman–Crippen MR) is 118 cm³/mol. The van der Waals surface area contributed by atoms with Crippen molar-refractivity contribution in [3.8, 4) is 0 Å². The molecule has 8 nitrogen and oxygen atoms in total. The fourth-order valence-electron chi connectivity index (χ4n) is 3.61. The molecule has 0 aromatic heterocycles. The Balaban J connectivity index is 1.69. The molecule has 0 atom stereocenters. The molecule has 0 unspecified atom stereocenters. The van der Waals surface area contributed by atoms with Gasteiger partial charge in [-0.05, 0) is 42.5 Å². The topological polar surface area (TPSA) is 88.2 Å². The van der Waals surface area contributed by atoms with Crippen LogP contribution in [-0.2, 0) is 19.5 Å². The Hall–Kier alpha value is -2.17. The molecule has 1 N–H and O–H groups in total. The van der Waals surface area contributed by atoms with E-state index in [4.69, 9.17) is 21.1 Å². The molecule has 2 aromatic carbocycles. The van der Waals surface area contributed by atoms with Gasteiger partial charge in [-0.2, -0.15) is 4.31 Å². The van der Waals surface area contributed by atoms with Gasteiger partial charge >= 0.3 is 0 Å². The quantitative estimate of drug-likeness (QED) is 0.729. The molecular formula is C21H24ClN3O5S. The van der Waals surface area contributed by atoms with Gasteiger partial charge in [0, 0.05) is 42.6 Å². The molecule has 166 valence electrons. The van der Waals surface area contributed by atoms with Gasteiger partial charge < -0.3 is 19.7 Å². The number of carbonyl (C=O) groups excluding carboxylic acids is 1. The standard InChI is InChI=1S/C21H24ClN3O5S/c22-16-1-3-17(4-2-16)23-21(26)19-15-18(31(27,28)25-9-13-30-14-10-25)5-6-20(19)24-7-11-29-12-8-24/h1-6,15H,7-14H2,(H,23,26). The monoisotopic (exact) mass is 465 g/mol. The van der Waals surface area contributed by atoms with Crippen LogP contribution in [0.3, 0.4) is 0 Å². The van der Waals surface area contributed by atoms with Crippen LogP contribution in [0, 0.1) is 0 Å². The third-order valence-electron chi connectivity index (χ3n) is 5.27. The third kappa shape index (κ3) is 5.02. The number of rotatable bonds is 5. The van der Waals surface area contributed by atoms with Crippen molar-refractivity contribution in [1.29, 1.82) is 0 Å². The van der Waals surface area contributed by atoms with E-state index in [1.165, 1.54) is 10.4 Å². The fourth-order valence-corrected chi connectivity index (χ4v) is 5.17. The van der Waals surface area contributed by atoms with E-state index in [0.717, 1.165) is 0 Å². The highest BCUT2D eigenvalue weighted by Crippen LogP contribution is 2.28. The lowest BCUT2D eigenvalue weighted by Gasteiger charge is -2.31. The number of nitrogens with zero attached hydrogens (tertiary/aromatic N) is 2. The Morgan fingerprint density at radius 3 is 2.16 bits per heavy atom. The van der Waals surface area contributed by atoms with Crippen molar-refractivity contribution in [2.45, 2.75) is 4.90 Å². The van der Waals surface area contributed by atoms with Crippen LogP contribution in [-0.4, -0.2) is 71.2 Å². The molecule has 0 spiro atoms. The Morgan fingerprint density at radius 1 is 0.903 bits per heavy atom. The van der Waals surface area contributed by atoms with E-state index < -0.39 is 10.0 Å². The van der Waals surface area contributed by atoms with E-state index >= 15 is 0 Å². The zero-order chi connectivity index (χ0) is 21.8. The number of sulfonamides is 1. The van der Waals surface area contributed by atoms with E-state index in [2.05, 4.69) is 5.32 Å². The third-order valence-corrected chi connectivity index (χ3v) is 7.42. The minimum atomic E-state index is -3.73. The summed E-state index contributed by atoms with van der Waals surface area (Å²) >= 11 is 5.93. The molecule has 2 aliphatic heterocycles. The van der Waals surface area contributed by atoms with E-state index in [-0.39, 0.29) is 10.8 Å². The van der Waals surface area contributed by atoms with Gasteiger partial charge in [-0.1, -0.05) is 11.6 Å². The van der Waals surface area contributed by atoms with Crippen LogP contribution in [0.15, 0.2) is 47.4 Å². The fraction of sp³-hybridized carbons (Fsp3) is 0.381. The summed E-state index contributed by atoms with van der Waals surface area (Å²) in [5.74, 6) is -0.386. The van der Waals surface area contributed by atoms with Gasteiger partial charge in [0.2, 0.25) is 10.0 Å². The SMILES string of the molecule is O=C(Nc1ccc(Cl)cc1)c1cc(S(=O)(=O)N2CCOCC2)ccc1N1CCOCC1. The second kappa shape index (κ2) is 9.54. The maximum atomic E-state index is 13.2. The first-order valence-corrected chi connectivity index (χ1v) is 11.9. The van der Waals surface area contributed by atoms with Gasteiger partial charge in [0.1, 0.15) is 0 Å². The van der Waals surface area contributed by atoms with Gasteiger partial charge in [-0.25, -0.2) is 8.42 Å². The first kappa shape index (κ1) is 22.0. The van der Waals surface area contributed by atoms with Crippen molar-refractivity contribution in [2.75, 3.05) is 62.8 Å². The molecule has 2 aromatic rings. The van der Waals surface area contributed by atoms with Crippen LogP contribution < -0.4 is 10.2 Å². The van der Waals surface area contributed by atoms with Crippen LogP contribution in [0.2, 0.25) is 5.02 Å². The van der Waals surface area contributed by atoms with Gasteiger partial charge in [-0.15, -0.1) is 0 Å². The smallest absolute Gasteiger partial charge is 0.257 e. The minimum absolute atomic E-state index is 0.0904. The normalized spacial score (nSPS) is 18.0. The van der Waals surface area contributed by atoms with Crippen LogP contribution >= 0.6 is 11.6 Å². The number of anilines is 2. The van der Waals surface area contributed by atoms with E-state index in [9.17, 15) is 13.2 Å². The Labute approximate surface area is 186 Å². The molecule has 0 saturated carbocycles. The molecular weight excluding hydrogens is 442 g/mol. The minimum Gasteiger partial charge on any atom is -0.379 e. The Bertz CT molecular complexity index is 1030. The molecule has 2 saturated heterocycles. The number of amides is 1.